The molecule has 1 aliphatic heterocycles. The van der Waals surface area contributed by atoms with E-state index in [0.717, 1.165) is 0 Å². The van der Waals surface area contributed by atoms with Gasteiger partial charge in [0.2, 0.25) is 5.95 Å². The second-order valence-corrected chi connectivity index (χ2v) is 6.02. The Morgan fingerprint density at radius 3 is 2.46 bits per heavy atom. The van der Waals surface area contributed by atoms with Gasteiger partial charge in [0, 0.05) is 23.0 Å². The topological polar surface area (TPSA) is 96.8 Å². The molecule has 3 heterocycles. The molecule has 1 amide bonds. The van der Waals surface area contributed by atoms with Gasteiger partial charge in [-0.15, -0.1) is 5.10 Å². The van der Waals surface area contributed by atoms with Gasteiger partial charge >= 0.3 is 0 Å². The summed E-state index contributed by atoms with van der Waals surface area (Å²) < 4.78 is 1.63. The van der Waals surface area contributed by atoms with Gasteiger partial charge in [-0.05, 0) is 36.4 Å². The number of benzene rings is 2. The molecular formula is C19H13N5O2. The first-order chi connectivity index (χ1) is 12.6. The van der Waals surface area contributed by atoms with Crippen LogP contribution < -0.4 is 10.6 Å². The number of nitrogens with zero attached hydrogens (tertiary/aromatic N) is 4. The number of nitrogen functional groups attached to an aromatic ring is 1. The molecule has 4 aromatic rings. The zero-order valence-corrected chi connectivity index (χ0v) is 13.5. The van der Waals surface area contributed by atoms with Crippen molar-refractivity contribution in [3.63, 3.8) is 0 Å². The SMILES string of the molecule is Nc1nc2c3c(ccn3n1)N(c1ccc(O)cc1)C(=O)c1ccccc1-2. The molecule has 0 radical (unpaired) electrons. The highest BCUT2D eigenvalue weighted by Crippen LogP contribution is 2.41. The highest BCUT2D eigenvalue weighted by atomic mass is 16.3. The fourth-order valence-corrected chi connectivity index (χ4v) is 3.36. The molecule has 0 atom stereocenters. The minimum absolute atomic E-state index is 0.134. The molecule has 3 N–H and O–H groups in total. The molecular weight excluding hydrogens is 330 g/mol. The van der Waals surface area contributed by atoms with Gasteiger partial charge in [-0.25, -0.2) is 9.50 Å². The van der Waals surface area contributed by atoms with E-state index in [4.69, 9.17) is 5.73 Å². The van der Waals surface area contributed by atoms with Crippen LogP contribution in [0.2, 0.25) is 0 Å². The van der Waals surface area contributed by atoms with Gasteiger partial charge in [0.1, 0.15) is 17.0 Å². The average molecular weight is 343 g/mol. The third kappa shape index (κ3) is 1.91. The molecule has 5 rings (SSSR count). The third-order valence-electron chi connectivity index (χ3n) is 4.47. The number of anilines is 3. The summed E-state index contributed by atoms with van der Waals surface area (Å²) in [5.41, 5.74) is 9.71. The molecule has 0 saturated heterocycles. The maximum atomic E-state index is 13.4. The molecule has 26 heavy (non-hydrogen) atoms. The number of nitrogens with two attached hydrogens (primary N) is 1. The summed E-state index contributed by atoms with van der Waals surface area (Å²) in [6.45, 7) is 0. The van der Waals surface area contributed by atoms with Crippen molar-refractivity contribution in [1.29, 1.82) is 0 Å². The van der Waals surface area contributed by atoms with Crippen LogP contribution >= 0.6 is 0 Å². The number of phenols is 1. The van der Waals surface area contributed by atoms with Crippen molar-refractivity contribution in [3.05, 3.63) is 66.4 Å². The van der Waals surface area contributed by atoms with Crippen LogP contribution in [0.25, 0.3) is 16.8 Å². The first-order valence-corrected chi connectivity index (χ1v) is 8.01. The maximum absolute atomic E-state index is 13.4. The van der Waals surface area contributed by atoms with Crippen LogP contribution in [0.5, 0.6) is 5.75 Å². The highest BCUT2D eigenvalue weighted by Gasteiger charge is 2.31. The van der Waals surface area contributed by atoms with Crippen molar-refractivity contribution in [3.8, 4) is 17.0 Å². The van der Waals surface area contributed by atoms with Gasteiger partial charge in [0.05, 0.1) is 5.69 Å². The van der Waals surface area contributed by atoms with E-state index in [1.165, 1.54) is 0 Å². The summed E-state index contributed by atoms with van der Waals surface area (Å²) in [7, 11) is 0. The van der Waals surface area contributed by atoms with E-state index in [-0.39, 0.29) is 17.6 Å². The number of phenolic OH excluding ortho intramolecular Hbond substituents is 1. The lowest BCUT2D eigenvalue weighted by Crippen LogP contribution is -2.25. The predicted octanol–water partition coefficient (Wildman–Crippen LogP) is 2.98. The van der Waals surface area contributed by atoms with Crippen LogP contribution in [-0.4, -0.2) is 25.6 Å². The Bertz CT molecular complexity index is 1180. The monoisotopic (exact) mass is 343 g/mol. The number of aromatic hydroxyl groups is 1. The molecule has 126 valence electrons. The number of amides is 1. The summed E-state index contributed by atoms with van der Waals surface area (Å²) in [6, 6.07) is 15.6. The number of hydrogen-bond acceptors (Lipinski definition) is 5. The number of aromatic nitrogens is 3. The normalized spacial score (nSPS) is 12.9. The number of fused-ring (bicyclic) bond motifs is 2. The number of hydrogen-bond donors (Lipinski definition) is 2. The first-order valence-electron chi connectivity index (χ1n) is 8.01. The fraction of sp³-hybridized carbons (Fsp3) is 0. The van der Waals surface area contributed by atoms with E-state index < -0.39 is 0 Å². The smallest absolute Gasteiger partial charge is 0.263 e. The van der Waals surface area contributed by atoms with Crippen LogP contribution in [0.15, 0.2) is 60.8 Å². The van der Waals surface area contributed by atoms with Crippen LogP contribution in [-0.2, 0) is 0 Å². The number of carbonyl (C=O) groups is 1. The van der Waals surface area contributed by atoms with Crippen LogP contribution in [0.4, 0.5) is 17.3 Å². The Kier molecular flexibility index (Phi) is 2.82. The van der Waals surface area contributed by atoms with E-state index in [1.807, 2.05) is 24.3 Å². The Labute approximate surface area is 147 Å². The lowest BCUT2D eigenvalue weighted by Gasteiger charge is -2.21. The second kappa shape index (κ2) is 5.06. The molecule has 0 fully saturated rings. The van der Waals surface area contributed by atoms with Gasteiger partial charge in [-0.2, -0.15) is 0 Å². The van der Waals surface area contributed by atoms with E-state index in [0.29, 0.717) is 33.7 Å². The predicted molar refractivity (Wildman–Crippen MR) is 97.4 cm³/mol. The van der Waals surface area contributed by atoms with E-state index >= 15 is 0 Å². The zero-order chi connectivity index (χ0) is 17.8. The molecule has 0 unspecified atom stereocenters. The van der Waals surface area contributed by atoms with Crippen molar-refractivity contribution in [1.82, 2.24) is 14.6 Å². The molecule has 1 aliphatic rings. The second-order valence-electron chi connectivity index (χ2n) is 6.02. The standard InChI is InChI=1S/C19H13N5O2/c20-19-21-16-13-3-1-2-4-14(13)18(26)24(11-5-7-12(25)8-6-11)15-9-10-23(22-19)17(15)16/h1-10,25H,(H2,20,22). The van der Waals surface area contributed by atoms with Crippen molar-refractivity contribution >= 4 is 28.7 Å². The minimum Gasteiger partial charge on any atom is -0.508 e. The molecule has 0 spiro atoms. The van der Waals surface area contributed by atoms with Gasteiger partial charge in [-0.1, -0.05) is 18.2 Å². The van der Waals surface area contributed by atoms with Crippen LogP contribution in [0.1, 0.15) is 10.4 Å². The summed E-state index contributed by atoms with van der Waals surface area (Å²) in [4.78, 5) is 19.4. The molecule has 0 saturated carbocycles. The van der Waals surface area contributed by atoms with Crippen molar-refractivity contribution < 1.29 is 9.90 Å². The lowest BCUT2D eigenvalue weighted by molar-refractivity contribution is 0.100. The third-order valence-corrected chi connectivity index (χ3v) is 4.47. The van der Waals surface area contributed by atoms with Gasteiger partial charge in [0.15, 0.2) is 0 Å². The zero-order valence-electron chi connectivity index (χ0n) is 13.5. The van der Waals surface area contributed by atoms with E-state index in [1.54, 1.807) is 45.9 Å². The molecule has 2 aromatic heterocycles. The van der Waals surface area contributed by atoms with Crippen molar-refractivity contribution in [2.24, 2.45) is 0 Å². The first kappa shape index (κ1) is 14.5. The molecule has 7 heteroatoms. The maximum Gasteiger partial charge on any atom is 0.263 e. The average Bonchev–Trinajstić information content (AvgIpc) is 3.02. The summed E-state index contributed by atoms with van der Waals surface area (Å²) in [5.74, 6) is 0.0842. The molecule has 0 bridgehead atoms. The van der Waals surface area contributed by atoms with Crippen molar-refractivity contribution in [2.45, 2.75) is 0 Å². The Hall–Kier alpha value is -3.87. The minimum atomic E-state index is -0.184. The van der Waals surface area contributed by atoms with E-state index in [9.17, 15) is 9.90 Å². The van der Waals surface area contributed by atoms with Gasteiger partial charge in [-0.3, -0.25) is 9.69 Å². The number of rotatable bonds is 1. The Morgan fingerprint density at radius 1 is 0.962 bits per heavy atom. The Morgan fingerprint density at radius 2 is 1.69 bits per heavy atom. The molecule has 7 nitrogen and oxygen atoms in total. The summed E-state index contributed by atoms with van der Waals surface area (Å²) in [5, 5.41) is 13.8. The molecule has 0 aliphatic carbocycles. The van der Waals surface area contributed by atoms with Crippen LogP contribution in [0.3, 0.4) is 0 Å². The van der Waals surface area contributed by atoms with Crippen LogP contribution in [0, 0.1) is 0 Å². The number of carbonyl (C=O) groups excluding carboxylic acids is 1. The van der Waals surface area contributed by atoms with Crippen molar-refractivity contribution in [2.75, 3.05) is 10.6 Å². The lowest BCUT2D eigenvalue weighted by atomic mass is 10.0. The summed E-state index contributed by atoms with van der Waals surface area (Å²) >= 11 is 0. The van der Waals surface area contributed by atoms with Gasteiger partial charge in [0.25, 0.3) is 5.91 Å². The fourth-order valence-electron chi connectivity index (χ4n) is 3.36. The Balaban J connectivity index is 1.90. The van der Waals surface area contributed by atoms with E-state index in [2.05, 4.69) is 10.1 Å². The largest absolute Gasteiger partial charge is 0.508 e. The highest BCUT2D eigenvalue weighted by molar-refractivity contribution is 6.19. The molecule has 2 aromatic carbocycles. The summed E-state index contributed by atoms with van der Waals surface area (Å²) in [6.07, 6.45) is 1.75. The quantitative estimate of drug-likeness (QED) is 0.554. The van der Waals surface area contributed by atoms with Gasteiger partial charge < -0.3 is 10.8 Å².